The summed E-state index contributed by atoms with van der Waals surface area (Å²) >= 11 is 6.00. The Morgan fingerprint density at radius 1 is 1.17 bits per heavy atom. The Balaban J connectivity index is 2.09. The Hall–Kier alpha value is -2.45. The summed E-state index contributed by atoms with van der Waals surface area (Å²) in [6.07, 6.45) is 1.73. The zero-order valence-electron chi connectivity index (χ0n) is 15.9. The first-order chi connectivity index (χ1) is 13.5. The van der Waals surface area contributed by atoms with Crippen molar-refractivity contribution in [3.05, 3.63) is 75.7 Å². The number of halogens is 3. The van der Waals surface area contributed by atoms with Crippen LogP contribution in [0.15, 0.2) is 47.9 Å². The van der Waals surface area contributed by atoms with Gasteiger partial charge in [0.1, 0.15) is 23.5 Å². The maximum atomic E-state index is 14.4. The summed E-state index contributed by atoms with van der Waals surface area (Å²) in [5.74, 6) is -1.82. The normalized spacial score (nSPS) is 13.9. The summed E-state index contributed by atoms with van der Waals surface area (Å²) < 4.78 is 55.4. The van der Waals surface area contributed by atoms with Crippen LogP contribution in [0.3, 0.4) is 0 Å². The summed E-state index contributed by atoms with van der Waals surface area (Å²) in [6.45, 7) is 3.23. The number of hydrogen-bond donors (Lipinski definition) is 1. The number of sulfone groups is 1. The van der Waals surface area contributed by atoms with E-state index in [1.54, 1.807) is 13.8 Å². The van der Waals surface area contributed by atoms with Gasteiger partial charge in [-0.3, -0.25) is 4.79 Å². The van der Waals surface area contributed by atoms with Gasteiger partial charge in [-0.15, -0.1) is 0 Å². The molecular weight excluding hydrogens is 424 g/mol. The molecular formula is C20H20ClF2NO4S. The van der Waals surface area contributed by atoms with Gasteiger partial charge in [0.25, 0.3) is 5.91 Å². The predicted octanol–water partition coefficient (Wildman–Crippen LogP) is 4.43. The zero-order chi connectivity index (χ0) is 21.8. The highest BCUT2D eigenvalue weighted by atomic mass is 35.5. The van der Waals surface area contributed by atoms with E-state index in [9.17, 15) is 22.0 Å². The molecule has 0 radical (unpaired) electrons. The highest BCUT2D eigenvalue weighted by Gasteiger charge is 2.17. The van der Waals surface area contributed by atoms with E-state index in [-0.39, 0.29) is 16.3 Å². The van der Waals surface area contributed by atoms with E-state index in [0.29, 0.717) is 5.56 Å². The fourth-order valence-corrected chi connectivity index (χ4v) is 3.29. The van der Waals surface area contributed by atoms with Gasteiger partial charge in [0.2, 0.25) is 0 Å². The highest BCUT2D eigenvalue weighted by molar-refractivity contribution is 7.93. The molecule has 0 aliphatic rings. The topological polar surface area (TPSA) is 72.5 Å². The van der Waals surface area contributed by atoms with Crippen LogP contribution in [0, 0.1) is 11.6 Å². The van der Waals surface area contributed by atoms with Crippen LogP contribution in [0.5, 0.6) is 5.75 Å². The molecule has 2 atom stereocenters. The molecule has 0 aromatic heterocycles. The van der Waals surface area contributed by atoms with E-state index >= 15 is 0 Å². The molecule has 0 aliphatic carbocycles. The molecule has 2 rings (SSSR count). The molecule has 1 amide bonds. The smallest absolute Gasteiger partial charge is 0.254 e. The van der Waals surface area contributed by atoms with Crippen LogP contribution < -0.4 is 10.1 Å². The Kier molecular flexibility index (Phi) is 7.37. The number of benzene rings is 2. The molecule has 0 heterocycles. The molecule has 0 spiro atoms. The van der Waals surface area contributed by atoms with Crippen molar-refractivity contribution < 1.29 is 26.7 Å². The van der Waals surface area contributed by atoms with Gasteiger partial charge in [-0.05, 0) is 38.1 Å². The SMILES string of the molecule is C[C@H](/C=C/S(C)(=O)=O)NC(=O)c1ccc(O[C@@H](C)c2ccc(F)cc2Cl)cc1F. The van der Waals surface area contributed by atoms with Crippen molar-refractivity contribution in [3.63, 3.8) is 0 Å². The predicted molar refractivity (Wildman–Crippen MR) is 108 cm³/mol. The Morgan fingerprint density at radius 2 is 1.86 bits per heavy atom. The third kappa shape index (κ3) is 6.83. The minimum absolute atomic E-state index is 0.164. The second kappa shape index (κ2) is 9.37. The van der Waals surface area contributed by atoms with Crippen LogP contribution in [-0.4, -0.2) is 26.6 Å². The Labute approximate surface area is 173 Å². The Bertz CT molecular complexity index is 1040. The minimum Gasteiger partial charge on any atom is -0.486 e. The largest absolute Gasteiger partial charge is 0.486 e. The lowest BCUT2D eigenvalue weighted by Gasteiger charge is -2.17. The second-order valence-corrected chi connectivity index (χ2v) is 8.83. The van der Waals surface area contributed by atoms with Gasteiger partial charge in [-0.2, -0.15) is 0 Å². The number of carbonyl (C=O) groups excluding carboxylic acids is 1. The van der Waals surface area contributed by atoms with Crippen molar-refractivity contribution >= 4 is 27.3 Å². The zero-order valence-corrected chi connectivity index (χ0v) is 17.5. The molecule has 0 unspecified atom stereocenters. The van der Waals surface area contributed by atoms with Crippen LogP contribution in [0.25, 0.3) is 0 Å². The number of amides is 1. The van der Waals surface area contributed by atoms with Crippen molar-refractivity contribution in [1.29, 1.82) is 0 Å². The quantitative estimate of drug-likeness (QED) is 0.686. The molecule has 0 saturated heterocycles. The maximum absolute atomic E-state index is 14.4. The van der Waals surface area contributed by atoms with Gasteiger partial charge in [-0.25, -0.2) is 17.2 Å². The van der Waals surface area contributed by atoms with Crippen molar-refractivity contribution in [3.8, 4) is 5.75 Å². The van der Waals surface area contributed by atoms with E-state index < -0.39 is 39.5 Å². The first-order valence-electron chi connectivity index (χ1n) is 8.56. The van der Waals surface area contributed by atoms with Gasteiger partial charge in [0, 0.05) is 29.3 Å². The molecule has 9 heteroatoms. The molecule has 1 N–H and O–H groups in total. The molecule has 0 bridgehead atoms. The fourth-order valence-electron chi connectivity index (χ4n) is 2.45. The van der Waals surface area contributed by atoms with Gasteiger partial charge < -0.3 is 10.1 Å². The number of ether oxygens (including phenoxy) is 1. The molecule has 29 heavy (non-hydrogen) atoms. The monoisotopic (exact) mass is 443 g/mol. The van der Waals surface area contributed by atoms with Crippen LogP contribution >= 0.6 is 11.6 Å². The number of rotatable bonds is 7. The third-order valence-electron chi connectivity index (χ3n) is 3.87. The van der Waals surface area contributed by atoms with E-state index in [2.05, 4.69) is 5.32 Å². The van der Waals surface area contributed by atoms with E-state index in [4.69, 9.17) is 16.3 Å². The minimum atomic E-state index is -3.33. The van der Waals surface area contributed by atoms with E-state index in [0.717, 1.165) is 23.8 Å². The van der Waals surface area contributed by atoms with Gasteiger partial charge in [0.05, 0.1) is 10.6 Å². The molecule has 5 nitrogen and oxygen atoms in total. The summed E-state index contributed by atoms with van der Waals surface area (Å²) in [6, 6.07) is 6.99. The number of hydrogen-bond acceptors (Lipinski definition) is 4. The fraction of sp³-hybridized carbons (Fsp3) is 0.250. The van der Waals surface area contributed by atoms with Crippen LogP contribution in [0.2, 0.25) is 5.02 Å². The lowest BCUT2D eigenvalue weighted by molar-refractivity contribution is 0.0942. The summed E-state index contributed by atoms with van der Waals surface area (Å²) in [4.78, 5) is 12.2. The van der Waals surface area contributed by atoms with Crippen LogP contribution in [-0.2, 0) is 9.84 Å². The summed E-state index contributed by atoms with van der Waals surface area (Å²) in [5, 5.41) is 3.64. The maximum Gasteiger partial charge on any atom is 0.254 e. The lowest BCUT2D eigenvalue weighted by Crippen LogP contribution is -2.31. The molecule has 0 saturated carbocycles. The van der Waals surface area contributed by atoms with Crippen molar-refractivity contribution in [2.45, 2.75) is 26.0 Å². The number of carbonyl (C=O) groups is 1. The van der Waals surface area contributed by atoms with E-state index in [1.807, 2.05) is 0 Å². The average Bonchev–Trinajstić information content (AvgIpc) is 2.59. The average molecular weight is 444 g/mol. The molecule has 0 aliphatic heterocycles. The molecule has 0 fully saturated rings. The van der Waals surface area contributed by atoms with Gasteiger partial charge in [0.15, 0.2) is 9.84 Å². The van der Waals surface area contributed by atoms with E-state index in [1.165, 1.54) is 30.3 Å². The van der Waals surface area contributed by atoms with Crippen LogP contribution in [0.1, 0.15) is 35.9 Å². The summed E-state index contributed by atoms with van der Waals surface area (Å²) in [5.41, 5.74) is 0.311. The summed E-state index contributed by atoms with van der Waals surface area (Å²) in [7, 11) is -3.33. The second-order valence-electron chi connectivity index (χ2n) is 6.49. The number of nitrogens with one attached hydrogen (secondary N) is 1. The van der Waals surface area contributed by atoms with Gasteiger partial charge in [-0.1, -0.05) is 23.7 Å². The first-order valence-corrected chi connectivity index (χ1v) is 10.9. The lowest BCUT2D eigenvalue weighted by atomic mass is 10.1. The standard InChI is InChI=1S/C20H20ClF2NO4S/c1-12(8-9-29(3,26)27)24-20(25)17-7-5-15(11-19(17)23)28-13(2)16-6-4-14(22)10-18(16)21/h4-13H,1-3H3,(H,24,25)/b9-8+/t12-,13+/m1/s1. The van der Waals surface area contributed by atoms with Crippen molar-refractivity contribution in [2.24, 2.45) is 0 Å². The first kappa shape index (κ1) is 22.8. The van der Waals surface area contributed by atoms with Crippen LogP contribution in [0.4, 0.5) is 8.78 Å². The Morgan fingerprint density at radius 3 is 2.45 bits per heavy atom. The van der Waals surface area contributed by atoms with Gasteiger partial charge >= 0.3 is 0 Å². The molecule has 156 valence electrons. The highest BCUT2D eigenvalue weighted by Crippen LogP contribution is 2.28. The third-order valence-corrected chi connectivity index (χ3v) is 4.85. The van der Waals surface area contributed by atoms with Crippen molar-refractivity contribution in [2.75, 3.05) is 6.26 Å². The molecule has 2 aromatic rings. The molecule has 2 aromatic carbocycles. The van der Waals surface area contributed by atoms with Crippen molar-refractivity contribution in [1.82, 2.24) is 5.32 Å².